The molecule has 0 radical (unpaired) electrons. The molecule has 0 atom stereocenters. The number of carbonyl (C=O) groups excluding carboxylic acids is 2. The molecule has 3 rings (SSSR count). The number of imide groups is 1. The van der Waals surface area contributed by atoms with Crippen molar-refractivity contribution in [3.63, 3.8) is 0 Å². The summed E-state index contributed by atoms with van der Waals surface area (Å²) in [7, 11) is 3.80. The summed E-state index contributed by atoms with van der Waals surface area (Å²) in [6, 6.07) is 8.87. The van der Waals surface area contributed by atoms with Gasteiger partial charge in [0.25, 0.3) is 11.8 Å². The largest absolute Gasteiger partial charge is 0.481 e. The van der Waals surface area contributed by atoms with E-state index in [-0.39, 0.29) is 13.0 Å². The molecular weight excluding hydrogens is 296 g/mol. The lowest BCUT2D eigenvalue weighted by atomic mass is 9.92. The van der Waals surface area contributed by atoms with Crippen LogP contribution in [0.5, 0.6) is 0 Å². The van der Waals surface area contributed by atoms with Gasteiger partial charge in [-0.05, 0) is 18.2 Å². The van der Waals surface area contributed by atoms with Gasteiger partial charge in [-0.15, -0.1) is 0 Å². The molecule has 118 valence electrons. The van der Waals surface area contributed by atoms with E-state index in [0.717, 1.165) is 16.0 Å². The Morgan fingerprint density at radius 2 is 1.74 bits per heavy atom. The standard InChI is InChI=1S/C17H16N2O4/c1-18(2)13-7-6-12-15-10(13)4-3-5-11(15)16(22)19(17(12)23)9-8-14(20)21/h3-7H,8-9H2,1-2H3,(H,20,21). The number of carboxylic acid groups (broad SMARTS) is 1. The molecule has 0 saturated carbocycles. The van der Waals surface area contributed by atoms with Gasteiger partial charge in [-0.1, -0.05) is 12.1 Å². The van der Waals surface area contributed by atoms with Crippen molar-refractivity contribution < 1.29 is 19.5 Å². The molecule has 0 bridgehead atoms. The molecule has 0 aliphatic carbocycles. The molecule has 0 aromatic heterocycles. The Morgan fingerprint density at radius 1 is 1.09 bits per heavy atom. The third-order valence-electron chi connectivity index (χ3n) is 4.00. The van der Waals surface area contributed by atoms with Crippen LogP contribution in [-0.4, -0.2) is 48.4 Å². The van der Waals surface area contributed by atoms with Gasteiger partial charge >= 0.3 is 5.97 Å². The first-order valence-electron chi connectivity index (χ1n) is 7.23. The first kappa shape index (κ1) is 15.0. The molecule has 6 heteroatoms. The van der Waals surface area contributed by atoms with Crippen LogP contribution in [0.25, 0.3) is 10.8 Å². The maximum absolute atomic E-state index is 12.6. The van der Waals surface area contributed by atoms with Gasteiger partial charge in [-0.2, -0.15) is 0 Å². The highest BCUT2D eigenvalue weighted by molar-refractivity contribution is 6.26. The third-order valence-corrected chi connectivity index (χ3v) is 4.00. The van der Waals surface area contributed by atoms with Crippen LogP contribution in [0.1, 0.15) is 27.1 Å². The first-order chi connectivity index (χ1) is 10.9. The summed E-state index contributed by atoms with van der Waals surface area (Å²) in [5.74, 6) is -1.92. The summed E-state index contributed by atoms with van der Waals surface area (Å²) in [5.41, 5.74) is 1.79. The average molecular weight is 312 g/mol. The Hall–Kier alpha value is -2.89. The summed E-state index contributed by atoms with van der Waals surface area (Å²) >= 11 is 0. The fourth-order valence-electron chi connectivity index (χ4n) is 2.93. The van der Waals surface area contributed by atoms with Gasteiger partial charge in [-0.3, -0.25) is 19.3 Å². The van der Waals surface area contributed by atoms with Crippen LogP contribution < -0.4 is 4.90 Å². The van der Waals surface area contributed by atoms with Crippen LogP contribution in [0.4, 0.5) is 5.69 Å². The van der Waals surface area contributed by atoms with Gasteiger partial charge in [-0.25, -0.2) is 0 Å². The van der Waals surface area contributed by atoms with Crippen LogP contribution in [-0.2, 0) is 4.79 Å². The molecule has 1 N–H and O–H groups in total. The Morgan fingerprint density at radius 3 is 2.35 bits per heavy atom. The number of anilines is 1. The van der Waals surface area contributed by atoms with Crippen molar-refractivity contribution >= 4 is 34.2 Å². The molecule has 0 spiro atoms. The highest BCUT2D eigenvalue weighted by Gasteiger charge is 2.33. The summed E-state index contributed by atoms with van der Waals surface area (Å²) in [5, 5.41) is 10.3. The zero-order valence-corrected chi connectivity index (χ0v) is 12.9. The second-order valence-corrected chi connectivity index (χ2v) is 5.66. The lowest BCUT2D eigenvalue weighted by molar-refractivity contribution is -0.137. The van der Waals surface area contributed by atoms with E-state index >= 15 is 0 Å². The van der Waals surface area contributed by atoms with Gasteiger partial charge in [0, 0.05) is 48.2 Å². The minimum atomic E-state index is -1.04. The summed E-state index contributed by atoms with van der Waals surface area (Å²) in [6.07, 6.45) is -0.265. The molecule has 2 amide bonds. The third kappa shape index (κ3) is 2.32. The minimum Gasteiger partial charge on any atom is -0.481 e. The van der Waals surface area contributed by atoms with E-state index in [9.17, 15) is 14.4 Å². The van der Waals surface area contributed by atoms with Crippen LogP contribution >= 0.6 is 0 Å². The zero-order valence-electron chi connectivity index (χ0n) is 12.9. The normalized spacial score (nSPS) is 13.6. The van der Waals surface area contributed by atoms with E-state index in [1.54, 1.807) is 18.2 Å². The number of rotatable bonds is 4. The molecule has 2 aromatic carbocycles. The van der Waals surface area contributed by atoms with Crippen LogP contribution in [0, 0.1) is 0 Å². The number of hydrogen-bond acceptors (Lipinski definition) is 4. The van der Waals surface area contributed by atoms with Crippen molar-refractivity contribution in [1.29, 1.82) is 0 Å². The van der Waals surface area contributed by atoms with Crippen molar-refractivity contribution in [2.75, 3.05) is 25.5 Å². The molecular formula is C17H16N2O4. The smallest absolute Gasteiger partial charge is 0.305 e. The van der Waals surface area contributed by atoms with Gasteiger partial charge in [0.2, 0.25) is 0 Å². The van der Waals surface area contributed by atoms with Crippen molar-refractivity contribution in [2.45, 2.75) is 6.42 Å². The topological polar surface area (TPSA) is 77.9 Å². The van der Waals surface area contributed by atoms with Crippen molar-refractivity contribution in [3.05, 3.63) is 41.5 Å². The Labute approximate surface area is 132 Å². The molecule has 1 aliphatic rings. The van der Waals surface area contributed by atoms with E-state index < -0.39 is 17.8 Å². The molecule has 1 heterocycles. The van der Waals surface area contributed by atoms with Gasteiger partial charge in [0.15, 0.2) is 0 Å². The molecule has 2 aromatic rings. The molecule has 6 nitrogen and oxygen atoms in total. The Balaban J connectivity index is 2.19. The number of aliphatic carboxylic acids is 1. The SMILES string of the molecule is CN(C)c1ccc2c3c(cccc13)C(=O)N(CCC(=O)O)C2=O. The van der Waals surface area contributed by atoms with E-state index in [1.807, 2.05) is 31.1 Å². The predicted molar refractivity (Wildman–Crippen MR) is 85.9 cm³/mol. The van der Waals surface area contributed by atoms with Gasteiger partial charge in [0.05, 0.1) is 6.42 Å². The number of carbonyl (C=O) groups is 3. The molecule has 23 heavy (non-hydrogen) atoms. The Kier molecular flexibility index (Phi) is 3.52. The van der Waals surface area contributed by atoms with Crippen molar-refractivity contribution in [2.24, 2.45) is 0 Å². The first-order valence-corrected chi connectivity index (χ1v) is 7.23. The number of amides is 2. The Bertz CT molecular complexity index is 820. The van der Waals surface area contributed by atoms with Gasteiger partial charge in [0.1, 0.15) is 0 Å². The second kappa shape index (κ2) is 5.39. The predicted octanol–water partition coefficient (Wildman–Crippen LogP) is 1.98. The van der Waals surface area contributed by atoms with Crippen molar-refractivity contribution in [1.82, 2.24) is 4.90 Å². The average Bonchev–Trinajstić information content (AvgIpc) is 2.51. The quantitative estimate of drug-likeness (QED) is 0.873. The monoisotopic (exact) mass is 312 g/mol. The highest BCUT2D eigenvalue weighted by atomic mass is 16.4. The van der Waals surface area contributed by atoms with E-state index in [1.165, 1.54) is 0 Å². The summed E-state index contributed by atoms with van der Waals surface area (Å²) in [6.45, 7) is -0.127. The fraction of sp³-hybridized carbons (Fsp3) is 0.235. The number of benzene rings is 2. The minimum absolute atomic E-state index is 0.127. The summed E-state index contributed by atoms with van der Waals surface area (Å²) < 4.78 is 0. The lowest BCUT2D eigenvalue weighted by Gasteiger charge is -2.28. The molecule has 0 fully saturated rings. The van der Waals surface area contributed by atoms with Crippen LogP contribution in [0.2, 0.25) is 0 Å². The zero-order chi connectivity index (χ0) is 16.7. The van der Waals surface area contributed by atoms with Crippen LogP contribution in [0.15, 0.2) is 30.3 Å². The van der Waals surface area contributed by atoms with Crippen molar-refractivity contribution in [3.8, 4) is 0 Å². The van der Waals surface area contributed by atoms with E-state index in [2.05, 4.69) is 0 Å². The van der Waals surface area contributed by atoms with E-state index in [4.69, 9.17) is 5.11 Å². The lowest BCUT2D eigenvalue weighted by Crippen LogP contribution is -2.41. The number of hydrogen-bond donors (Lipinski definition) is 1. The molecule has 0 saturated heterocycles. The number of nitrogens with zero attached hydrogens (tertiary/aromatic N) is 2. The second-order valence-electron chi connectivity index (χ2n) is 5.66. The van der Waals surface area contributed by atoms with E-state index in [0.29, 0.717) is 16.5 Å². The molecule has 1 aliphatic heterocycles. The van der Waals surface area contributed by atoms with Crippen LogP contribution in [0.3, 0.4) is 0 Å². The number of carboxylic acids is 1. The summed E-state index contributed by atoms with van der Waals surface area (Å²) in [4.78, 5) is 38.9. The molecule has 0 unspecified atom stereocenters. The maximum Gasteiger partial charge on any atom is 0.305 e. The highest BCUT2D eigenvalue weighted by Crippen LogP contribution is 2.35. The van der Waals surface area contributed by atoms with Gasteiger partial charge < -0.3 is 10.0 Å². The maximum atomic E-state index is 12.6. The fourth-order valence-corrected chi connectivity index (χ4v) is 2.93.